The number of halogens is 1. The molecule has 2 heteroatoms. The van der Waals surface area contributed by atoms with Gasteiger partial charge in [0.1, 0.15) is 0 Å². The van der Waals surface area contributed by atoms with Gasteiger partial charge in [-0.05, 0) is 29.8 Å². The average Bonchev–Trinajstić information content (AvgIpc) is 2.46. The van der Waals surface area contributed by atoms with E-state index < -0.39 is 0 Å². The van der Waals surface area contributed by atoms with Gasteiger partial charge in [-0.25, -0.2) is 0 Å². The lowest BCUT2D eigenvalue weighted by Crippen LogP contribution is -2.13. The minimum absolute atomic E-state index is 0.946. The van der Waals surface area contributed by atoms with E-state index in [0.29, 0.717) is 0 Å². The predicted octanol–water partition coefficient (Wildman–Crippen LogP) is 5.11. The van der Waals surface area contributed by atoms with Gasteiger partial charge in [-0.1, -0.05) is 65.0 Å². The molecule has 0 N–H and O–H groups in total. The Morgan fingerprint density at radius 2 is 1.68 bits per heavy atom. The van der Waals surface area contributed by atoms with Crippen molar-refractivity contribution in [3.8, 4) is 0 Å². The number of hydrogen-bond donors (Lipinski definition) is 0. The van der Waals surface area contributed by atoms with Crippen LogP contribution >= 0.6 is 15.9 Å². The molecule has 0 bridgehead atoms. The number of benzene rings is 2. The van der Waals surface area contributed by atoms with Crippen LogP contribution < -0.4 is 4.90 Å². The highest BCUT2D eigenvalue weighted by Crippen LogP contribution is 2.20. The summed E-state index contributed by atoms with van der Waals surface area (Å²) in [5.74, 6) is 0. The number of anilines is 1. The van der Waals surface area contributed by atoms with Crippen LogP contribution in [0.3, 0.4) is 0 Å². The first-order chi connectivity index (χ1) is 9.18. The molecule has 19 heavy (non-hydrogen) atoms. The summed E-state index contributed by atoms with van der Waals surface area (Å²) in [6, 6.07) is 18.3. The molecule has 0 spiro atoms. The molecule has 0 aliphatic rings. The smallest absolute Gasteiger partial charge is 0.0407 e. The second kappa shape index (κ2) is 6.39. The molecule has 0 heterocycles. The third kappa shape index (κ3) is 3.58. The predicted molar refractivity (Wildman–Crippen MR) is 87.2 cm³/mol. The molecular formula is C17H16BrN. The first kappa shape index (κ1) is 13.6. The van der Waals surface area contributed by atoms with Crippen LogP contribution in [0.4, 0.5) is 5.69 Å². The zero-order chi connectivity index (χ0) is 13.7. The first-order valence-electron chi connectivity index (χ1n) is 6.09. The Morgan fingerprint density at radius 3 is 2.37 bits per heavy atom. The Labute approximate surface area is 123 Å². The van der Waals surface area contributed by atoms with Crippen molar-refractivity contribution in [2.24, 2.45) is 0 Å². The maximum atomic E-state index is 4.10. The molecule has 0 fully saturated rings. The number of rotatable bonds is 4. The van der Waals surface area contributed by atoms with Crippen LogP contribution in [0.1, 0.15) is 5.56 Å². The maximum Gasteiger partial charge on any atom is 0.0407 e. The lowest BCUT2D eigenvalue weighted by atomic mass is 10.2. The maximum absolute atomic E-state index is 4.10. The molecule has 0 aliphatic heterocycles. The summed E-state index contributed by atoms with van der Waals surface area (Å²) in [7, 11) is 2.02. The van der Waals surface area contributed by atoms with E-state index in [1.54, 1.807) is 0 Å². The lowest BCUT2D eigenvalue weighted by molar-refractivity contribution is 1.15. The van der Waals surface area contributed by atoms with Crippen LogP contribution in [0, 0.1) is 0 Å². The molecule has 2 aromatic carbocycles. The number of nitrogens with zero attached hydrogens (tertiary/aromatic N) is 1. The van der Waals surface area contributed by atoms with E-state index in [2.05, 4.69) is 51.7 Å². The van der Waals surface area contributed by atoms with Gasteiger partial charge >= 0.3 is 0 Å². The molecule has 0 atom stereocenters. The van der Waals surface area contributed by atoms with Crippen LogP contribution in [0.2, 0.25) is 0 Å². The monoisotopic (exact) mass is 313 g/mol. The molecule has 96 valence electrons. The van der Waals surface area contributed by atoms with E-state index in [9.17, 15) is 0 Å². The Hall–Kier alpha value is -1.80. The summed E-state index contributed by atoms with van der Waals surface area (Å²) in [6.45, 7) is 4.10. The van der Waals surface area contributed by atoms with E-state index in [4.69, 9.17) is 0 Å². The van der Waals surface area contributed by atoms with Gasteiger partial charge in [0, 0.05) is 22.9 Å². The summed E-state index contributed by atoms with van der Waals surface area (Å²) >= 11 is 3.53. The van der Waals surface area contributed by atoms with Gasteiger partial charge in [-0.2, -0.15) is 0 Å². The van der Waals surface area contributed by atoms with Gasteiger partial charge in [-0.15, -0.1) is 0 Å². The zero-order valence-electron chi connectivity index (χ0n) is 10.9. The first-order valence-corrected chi connectivity index (χ1v) is 6.88. The van der Waals surface area contributed by atoms with Crippen molar-refractivity contribution >= 4 is 27.7 Å². The van der Waals surface area contributed by atoms with Crippen LogP contribution in [0.5, 0.6) is 0 Å². The average molecular weight is 314 g/mol. The molecule has 2 rings (SSSR count). The quantitative estimate of drug-likeness (QED) is 0.709. The van der Waals surface area contributed by atoms with Gasteiger partial charge in [0.2, 0.25) is 0 Å². The summed E-state index contributed by atoms with van der Waals surface area (Å²) in [5, 5.41) is 0. The standard InChI is InChI=1S/C17H16BrN/c1-14(19(2)16-9-4-3-5-10-16)12-13-15-8-6-7-11-17(15)18/h3-13H,1H2,2H3/b13-12+. The number of likely N-dealkylation sites (N-methyl/N-ethyl adjacent to an activating group) is 1. The fraction of sp³-hybridized carbons (Fsp3) is 0.0588. The molecule has 0 radical (unpaired) electrons. The highest BCUT2D eigenvalue weighted by Gasteiger charge is 2.01. The summed E-state index contributed by atoms with van der Waals surface area (Å²) < 4.78 is 1.08. The van der Waals surface area contributed by atoms with Crippen molar-refractivity contribution in [1.82, 2.24) is 0 Å². The topological polar surface area (TPSA) is 3.24 Å². The largest absolute Gasteiger partial charge is 0.345 e. The second-order valence-electron chi connectivity index (χ2n) is 4.24. The van der Waals surface area contributed by atoms with Gasteiger partial charge < -0.3 is 4.90 Å². The van der Waals surface area contributed by atoms with Crippen molar-refractivity contribution in [3.63, 3.8) is 0 Å². The zero-order valence-corrected chi connectivity index (χ0v) is 12.5. The van der Waals surface area contributed by atoms with Gasteiger partial charge in [0.25, 0.3) is 0 Å². The highest BCUT2D eigenvalue weighted by molar-refractivity contribution is 9.10. The Morgan fingerprint density at radius 1 is 1.05 bits per heavy atom. The summed E-state index contributed by atoms with van der Waals surface area (Å²) in [4.78, 5) is 2.06. The minimum atomic E-state index is 0.946. The van der Waals surface area contributed by atoms with Gasteiger partial charge in [-0.3, -0.25) is 0 Å². The fourth-order valence-corrected chi connectivity index (χ4v) is 2.14. The van der Waals surface area contributed by atoms with Crippen molar-refractivity contribution in [3.05, 3.63) is 83.0 Å². The van der Waals surface area contributed by atoms with Crippen LogP contribution in [-0.4, -0.2) is 7.05 Å². The lowest BCUT2D eigenvalue weighted by Gasteiger charge is -2.19. The normalized spacial score (nSPS) is 10.6. The van der Waals surface area contributed by atoms with Crippen molar-refractivity contribution < 1.29 is 0 Å². The third-order valence-electron chi connectivity index (χ3n) is 2.93. The Kier molecular flexibility index (Phi) is 4.58. The van der Waals surface area contributed by atoms with Crippen molar-refractivity contribution in [2.45, 2.75) is 0 Å². The number of allylic oxidation sites excluding steroid dienone is 1. The molecule has 0 saturated heterocycles. The van der Waals surface area contributed by atoms with Crippen molar-refractivity contribution in [2.75, 3.05) is 11.9 Å². The number of para-hydroxylation sites is 1. The molecule has 0 amide bonds. The van der Waals surface area contributed by atoms with E-state index >= 15 is 0 Å². The van der Waals surface area contributed by atoms with E-state index in [-0.39, 0.29) is 0 Å². The molecule has 0 aromatic heterocycles. The third-order valence-corrected chi connectivity index (χ3v) is 3.66. The van der Waals surface area contributed by atoms with Crippen LogP contribution in [0.25, 0.3) is 6.08 Å². The van der Waals surface area contributed by atoms with Crippen LogP contribution in [0.15, 0.2) is 77.4 Å². The summed E-state index contributed by atoms with van der Waals surface area (Å²) in [6.07, 6.45) is 4.08. The Balaban J connectivity index is 2.12. The van der Waals surface area contributed by atoms with Crippen molar-refractivity contribution in [1.29, 1.82) is 0 Å². The second-order valence-corrected chi connectivity index (χ2v) is 5.10. The molecular weight excluding hydrogens is 298 g/mol. The van der Waals surface area contributed by atoms with E-state index in [0.717, 1.165) is 21.4 Å². The van der Waals surface area contributed by atoms with Crippen LogP contribution in [-0.2, 0) is 0 Å². The van der Waals surface area contributed by atoms with Gasteiger partial charge in [0.05, 0.1) is 0 Å². The minimum Gasteiger partial charge on any atom is -0.345 e. The molecule has 0 saturated carbocycles. The van der Waals surface area contributed by atoms with Gasteiger partial charge in [0.15, 0.2) is 0 Å². The number of hydrogen-bond acceptors (Lipinski definition) is 1. The fourth-order valence-electron chi connectivity index (χ4n) is 1.73. The molecule has 0 aliphatic carbocycles. The summed E-state index contributed by atoms with van der Waals surface area (Å²) in [5.41, 5.74) is 3.22. The molecule has 2 aromatic rings. The molecule has 1 nitrogen and oxygen atoms in total. The van der Waals surface area contributed by atoms with E-state index in [1.807, 2.05) is 49.5 Å². The SMILES string of the molecule is C=C(/C=C/c1ccccc1Br)N(C)c1ccccc1. The van der Waals surface area contributed by atoms with E-state index in [1.165, 1.54) is 0 Å². The Bertz CT molecular complexity index is 587. The highest BCUT2D eigenvalue weighted by atomic mass is 79.9. The molecule has 0 unspecified atom stereocenters.